The zero-order valence-electron chi connectivity index (χ0n) is 10.1. The lowest BCUT2D eigenvalue weighted by atomic mass is 10.2. The van der Waals surface area contributed by atoms with Gasteiger partial charge in [0, 0.05) is 18.7 Å². The summed E-state index contributed by atoms with van der Waals surface area (Å²) in [4.78, 5) is 13.5. The molecule has 0 aliphatic heterocycles. The average molecular weight is 324 g/mol. The second kappa shape index (κ2) is 7.50. The van der Waals surface area contributed by atoms with Crippen molar-refractivity contribution in [3.8, 4) is 12.1 Å². The van der Waals surface area contributed by atoms with Crippen LogP contribution in [0.15, 0.2) is 22.7 Å². The van der Waals surface area contributed by atoms with Gasteiger partial charge >= 0.3 is 0 Å². The quantitative estimate of drug-likeness (QED) is 0.836. The number of halogens is 2. The highest BCUT2D eigenvalue weighted by molar-refractivity contribution is 9.10. The fourth-order valence-corrected chi connectivity index (χ4v) is 1.74. The molecule has 1 aromatic rings. The smallest absolute Gasteiger partial charge is 0.254 e. The first-order valence-electron chi connectivity index (χ1n) is 5.58. The molecule has 0 heterocycles. The van der Waals surface area contributed by atoms with Crippen LogP contribution < -0.4 is 0 Å². The second-order valence-corrected chi connectivity index (χ2v) is 4.59. The highest BCUT2D eigenvalue weighted by Crippen LogP contribution is 2.17. The standard InChI is InChI=1S/C13H11BrFN3O/c14-11-4-3-10(9-12(11)15)13(19)18(7-1-5-16)8-2-6-17/h3-4,9H,1-2,7-8H2. The van der Waals surface area contributed by atoms with Gasteiger partial charge < -0.3 is 4.90 Å². The summed E-state index contributed by atoms with van der Waals surface area (Å²) in [5.41, 5.74) is 0.205. The largest absolute Gasteiger partial charge is 0.337 e. The van der Waals surface area contributed by atoms with Crippen LogP contribution in [-0.4, -0.2) is 23.9 Å². The summed E-state index contributed by atoms with van der Waals surface area (Å²) in [6.07, 6.45) is 0.354. The van der Waals surface area contributed by atoms with Crippen molar-refractivity contribution < 1.29 is 9.18 Å². The fraction of sp³-hybridized carbons (Fsp3) is 0.308. The van der Waals surface area contributed by atoms with Crippen LogP contribution in [-0.2, 0) is 0 Å². The summed E-state index contributed by atoms with van der Waals surface area (Å²) in [6, 6.07) is 7.98. The molecule has 0 saturated heterocycles. The Kier molecular flexibility index (Phi) is 5.98. The number of nitrogens with zero attached hydrogens (tertiary/aromatic N) is 3. The molecule has 1 rings (SSSR count). The summed E-state index contributed by atoms with van der Waals surface area (Å²) in [7, 11) is 0. The van der Waals surface area contributed by atoms with E-state index in [9.17, 15) is 9.18 Å². The molecule has 19 heavy (non-hydrogen) atoms. The second-order valence-electron chi connectivity index (χ2n) is 3.74. The first-order valence-corrected chi connectivity index (χ1v) is 6.37. The van der Waals surface area contributed by atoms with Gasteiger partial charge in [-0.3, -0.25) is 4.79 Å². The number of hydrogen-bond acceptors (Lipinski definition) is 3. The molecule has 0 spiro atoms. The Morgan fingerprint density at radius 3 is 2.32 bits per heavy atom. The van der Waals surface area contributed by atoms with E-state index in [1.54, 1.807) is 0 Å². The van der Waals surface area contributed by atoms with E-state index in [0.29, 0.717) is 0 Å². The van der Waals surface area contributed by atoms with Gasteiger partial charge in [0.25, 0.3) is 5.91 Å². The minimum atomic E-state index is -0.522. The Hall–Kier alpha value is -1.92. The Balaban J connectivity index is 2.88. The third-order valence-electron chi connectivity index (χ3n) is 2.44. The number of rotatable bonds is 5. The lowest BCUT2D eigenvalue weighted by molar-refractivity contribution is 0.0762. The van der Waals surface area contributed by atoms with E-state index in [2.05, 4.69) is 15.9 Å². The zero-order chi connectivity index (χ0) is 14.3. The SMILES string of the molecule is N#CCCN(CCC#N)C(=O)c1ccc(Br)c(F)c1. The minimum absolute atomic E-state index is 0.177. The van der Waals surface area contributed by atoms with Crippen LogP contribution in [0, 0.1) is 28.5 Å². The van der Waals surface area contributed by atoms with Gasteiger partial charge in [0.2, 0.25) is 0 Å². The average Bonchev–Trinajstić information content (AvgIpc) is 2.41. The normalized spacial score (nSPS) is 9.47. The highest BCUT2D eigenvalue weighted by atomic mass is 79.9. The molecule has 0 fully saturated rings. The number of carbonyl (C=O) groups excluding carboxylic acids is 1. The number of nitriles is 2. The lowest BCUT2D eigenvalue weighted by Crippen LogP contribution is -2.32. The maximum Gasteiger partial charge on any atom is 0.254 e. The van der Waals surface area contributed by atoms with Gasteiger partial charge in [-0.15, -0.1) is 0 Å². The van der Waals surface area contributed by atoms with E-state index in [4.69, 9.17) is 10.5 Å². The predicted octanol–water partition coefficient (Wildman–Crippen LogP) is 2.86. The molecular weight excluding hydrogens is 313 g/mol. The van der Waals surface area contributed by atoms with Crippen molar-refractivity contribution in [3.05, 3.63) is 34.1 Å². The van der Waals surface area contributed by atoms with Gasteiger partial charge in [0.15, 0.2) is 0 Å². The van der Waals surface area contributed by atoms with Crippen LogP contribution in [0.25, 0.3) is 0 Å². The molecule has 0 aromatic heterocycles. The first-order chi connectivity index (χ1) is 9.10. The summed E-state index contributed by atoms with van der Waals surface area (Å²) in [6.45, 7) is 0.462. The van der Waals surface area contributed by atoms with Crippen molar-refractivity contribution in [2.45, 2.75) is 12.8 Å². The maximum atomic E-state index is 13.4. The van der Waals surface area contributed by atoms with E-state index in [-0.39, 0.29) is 41.9 Å². The van der Waals surface area contributed by atoms with Crippen molar-refractivity contribution in [1.29, 1.82) is 10.5 Å². The molecule has 1 amide bonds. The summed E-state index contributed by atoms with van der Waals surface area (Å²) >= 11 is 3.01. The third-order valence-corrected chi connectivity index (χ3v) is 3.08. The Bertz CT molecular complexity index is 530. The summed E-state index contributed by atoms with van der Waals surface area (Å²) in [5, 5.41) is 17.1. The molecule has 1 aromatic carbocycles. The molecule has 0 aliphatic carbocycles. The van der Waals surface area contributed by atoms with Gasteiger partial charge in [-0.25, -0.2) is 4.39 Å². The van der Waals surface area contributed by atoms with Crippen LogP contribution in [0.4, 0.5) is 4.39 Å². The van der Waals surface area contributed by atoms with Crippen LogP contribution in [0.3, 0.4) is 0 Å². The van der Waals surface area contributed by atoms with E-state index >= 15 is 0 Å². The van der Waals surface area contributed by atoms with E-state index in [1.165, 1.54) is 17.0 Å². The van der Waals surface area contributed by atoms with Gasteiger partial charge in [-0.2, -0.15) is 10.5 Å². The Morgan fingerprint density at radius 1 is 1.26 bits per heavy atom. The fourth-order valence-electron chi connectivity index (χ4n) is 1.50. The molecule has 0 radical (unpaired) electrons. The molecule has 0 atom stereocenters. The van der Waals surface area contributed by atoms with Crippen molar-refractivity contribution in [1.82, 2.24) is 4.90 Å². The topological polar surface area (TPSA) is 67.9 Å². The molecular formula is C13H11BrFN3O. The predicted molar refractivity (Wildman–Crippen MR) is 70.5 cm³/mol. The van der Waals surface area contributed by atoms with Gasteiger partial charge in [-0.05, 0) is 34.1 Å². The lowest BCUT2D eigenvalue weighted by Gasteiger charge is -2.20. The van der Waals surface area contributed by atoms with Gasteiger partial charge in [0.1, 0.15) is 5.82 Å². The summed E-state index contributed by atoms with van der Waals surface area (Å²) in [5.74, 6) is -0.900. The van der Waals surface area contributed by atoms with Gasteiger partial charge in [0.05, 0.1) is 29.5 Å². The molecule has 0 saturated carbocycles. The monoisotopic (exact) mass is 323 g/mol. The molecule has 4 nitrogen and oxygen atoms in total. The van der Waals surface area contributed by atoms with Crippen molar-refractivity contribution in [2.24, 2.45) is 0 Å². The van der Waals surface area contributed by atoms with Crippen LogP contribution >= 0.6 is 15.9 Å². The Morgan fingerprint density at radius 2 is 1.84 bits per heavy atom. The molecule has 6 heteroatoms. The number of carbonyl (C=O) groups is 1. The zero-order valence-corrected chi connectivity index (χ0v) is 11.7. The minimum Gasteiger partial charge on any atom is -0.337 e. The molecule has 0 aliphatic rings. The molecule has 0 bridgehead atoms. The van der Waals surface area contributed by atoms with Crippen molar-refractivity contribution in [3.63, 3.8) is 0 Å². The van der Waals surface area contributed by atoms with Crippen LogP contribution in [0.1, 0.15) is 23.2 Å². The number of benzene rings is 1. The van der Waals surface area contributed by atoms with E-state index in [1.807, 2.05) is 12.1 Å². The van der Waals surface area contributed by atoms with Crippen LogP contribution in [0.5, 0.6) is 0 Å². The summed E-state index contributed by atoms with van der Waals surface area (Å²) < 4.78 is 13.7. The van der Waals surface area contributed by atoms with Crippen molar-refractivity contribution >= 4 is 21.8 Å². The number of amides is 1. The maximum absolute atomic E-state index is 13.4. The molecule has 0 unspecified atom stereocenters. The van der Waals surface area contributed by atoms with E-state index in [0.717, 1.165) is 6.07 Å². The first kappa shape index (κ1) is 15.1. The highest BCUT2D eigenvalue weighted by Gasteiger charge is 2.16. The van der Waals surface area contributed by atoms with Gasteiger partial charge in [-0.1, -0.05) is 0 Å². The van der Waals surface area contributed by atoms with E-state index < -0.39 is 5.82 Å². The Labute approximate surface area is 119 Å². The number of hydrogen-bond donors (Lipinski definition) is 0. The van der Waals surface area contributed by atoms with Crippen LogP contribution in [0.2, 0.25) is 0 Å². The molecule has 98 valence electrons. The van der Waals surface area contributed by atoms with Crippen molar-refractivity contribution in [2.75, 3.05) is 13.1 Å². The molecule has 0 N–H and O–H groups in total. The third kappa shape index (κ3) is 4.35.